The van der Waals surface area contributed by atoms with E-state index >= 15 is 0 Å². The molecule has 1 N–H and O–H groups in total. The van der Waals surface area contributed by atoms with Crippen molar-refractivity contribution >= 4 is 46.2 Å². The van der Waals surface area contributed by atoms with Crippen LogP contribution >= 0.6 is 24.0 Å². The number of hydrazine groups is 1. The minimum absolute atomic E-state index is 0.246. The highest BCUT2D eigenvalue weighted by Gasteiger charge is 2.33. The molecule has 2 aliphatic heterocycles. The number of nitrogens with one attached hydrogen (secondary N) is 1. The molecule has 0 bridgehead atoms. The van der Waals surface area contributed by atoms with Gasteiger partial charge in [0.1, 0.15) is 0 Å². The number of carbonyl (C=O) groups is 2. The molecule has 0 spiro atoms. The lowest BCUT2D eigenvalue weighted by Gasteiger charge is -2.26. The van der Waals surface area contributed by atoms with Crippen LogP contribution in [0.2, 0.25) is 0 Å². The lowest BCUT2D eigenvalue weighted by atomic mass is 10.2. The van der Waals surface area contributed by atoms with Gasteiger partial charge in [-0.05, 0) is 42.4 Å². The van der Waals surface area contributed by atoms with Crippen molar-refractivity contribution in [2.24, 2.45) is 0 Å². The van der Waals surface area contributed by atoms with Gasteiger partial charge in [-0.25, -0.2) is 0 Å². The van der Waals surface area contributed by atoms with Crippen molar-refractivity contribution in [1.29, 1.82) is 0 Å². The fraction of sp³-hybridized carbons (Fsp3) is 0.500. The zero-order valence-corrected chi connectivity index (χ0v) is 20.1. The zero-order chi connectivity index (χ0) is 22.9. The summed E-state index contributed by atoms with van der Waals surface area (Å²) in [6.07, 6.45) is 4.03. The van der Waals surface area contributed by atoms with E-state index in [1.54, 1.807) is 13.2 Å². The molecule has 2 fully saturated rings. The molecule has 1 aromatic rings. The average Bonchev–Trinajstić information content (AvgIpc) is 3.06. The van der Waals surface area contributed by atoms with Gasteiger partial charge in [-0.2, -0.15) is 5.01 Å². The maximum Gasteiger partial charge on any atom is 0.285 e. The number of thioether (sulfide) groups is 1. The summed E-state index contributed by atoms with van der Waals surface area (Å²) in [5.74, 6) is 0.672. The van der Waals surface area contributed by atoms with Crippen molar-refractivity contribution in [3.05, 3.63) is 28.7 Å². The van der Waals surface area contributed by atoms with Gasteiger partial charge in [-0.15, -0.1) is 0 Å². The molecule has 2 heterocycles. The molecule has 3 rings (SSSR count). The number of unbranched alkanes of at least 4 members (excludes halogenated alkanes) is 1. The second kappa shape index (κ2) is 12.2. The summed E-state index contributed by atoms with van der Waals surface area (Å²) in [5.41, 5.74) is 3.41. The Hall–Kier alpha value is -2.14. The molecule has 2 aliphatic rings. The Bertz CT molecular complexity index is 871. The van der Waals surface area contributed by atoms with Crippen LogP contribution in [0.3, 0.4) is 0 Å². The van der Waals surface area contributed by atoms with Crippen molar-refractivity contribution in [3.8, 4) is 11.5 Å². The van der Waals surface area contributed by atoms with Crippen molar-refractivity contribution < 1.29 is 23.8 Å². The van der Waals surface area contributed by atoms with E-state index in [0.717, 1.165) is 48.3 Å². The first-order valence-electron chi connectivity index (χ1n) is 10.7. The molecule has 0 aromatic heterocycles. The summed E-state index contributed by atoms with van der Waals surface area (Å²) < 4.78 is 16.8. The van der Waals surface area contributed by atoms with E-state index in [0.29, 0.717) is 47.1 Å². The van der Waals surface area contributed by atoms with Gasteiger partial charge in [-0.1, -0.05) is 31.2 Å². The van der Waals surface area contributed by atoms with E-state index in [1.165, 1.54) is 0 Å². The molecular formula is C22H29N3O5S2. The first kappa shape index (κ1) is 24.5. The van der Waals surface area contributed by atoms with Gasteiger partial charge in [-0.3, -0.25) is 19.9 Å². The number of nitrogens with zero attached hydrogens (tertiary/aromatic N) is 2. The molecule has 0 unspecified atom stereocenters. The quantitative estimate of drug-likeness (QED) is 0.312. The summed E-state index contributed by atoms with van der Waals surface area (Å²) in [7, 11) is 1.58. The SMILES string of the molecule is CCCCOc1ccc(/C=C2\SC(=S)N(NC(=O)CCN3CCOCC3)C2=O)cc1OC. The number of morpholine rings is 1. The fourth-order valence-corrected chi connectivity index (χ4v) is 4.38. The number of methoxy groups -OCH3 is 1. The smallest absolute Gasteiger partial charge is 0.285 e. The second-order valence-electron chi connectivity index (χ2n) is 7.37. The third-order valence-electron chi connectivity index (χ3n) is 5.03. The Morgan fingerprint density at radius 3 is 2.81 bits per heavy atom. The van der Waals surface area contributed by atoms with Gasteiger partial charge in [0, 0.05) is 26.1 Å². The molecule has 174 valence electrons. The van der Waals surface area contributed by atoms with Crippen LogP contribution in [0, 0.1) is 0 Å². The first-order valence-corrected chi connectivity index (χ1v) is 11.9. The zero-order valence-electron chi connectivity index (χ0n) is 18.4. The Kier molecular flexibility index (Phi) is 9.34. The predicted molar refractivity (Wildman–Crippen MR) is 128 cm³/mol. The van der Waals surface area contributed by atoms with Gasteiger partial charge >= 0.3 is 0 Å². The van der Waals surface area contributed by atoms with E-state index in [2.05, 4.69) is 17.2 Å². The predicted octanol–water partition coefficient (Wildman–Crippen LogP) is 2.83. The van der Waals surface area contributed by atoms with E-state index in [-0.39, 0.29) is 18.2 Å². The van der Waals surface area contributed by atoms with Crippen LogP contribution in [-0.4, -0.2) is 72.6 Å². The summed E-state index contributed by atoms with van der Waals surface area (Å²) in [6, 6.07) is 5.50. The number of hydrogen-bond donors (Lipinski definition) is 1. The second-order valence-corrected chi connectivity index (χ2v) is 9.04. The Morgan fingerprint density at radius 1 is 1.31 bits per heavy atom. The molecular weight excluding hydrogens is 450 g/mol. The number of thiocarbonyl (C=S) groups is 1. The van der Waals surface area contributed by atoms with Crippen molar-refractivity contribution in [3.63, 3.8) is 0 Å². The molecule has 0 aliphatic carbocycles. The Balaban J connectivity index is 1.60. The van der Waals surface area contributed by atoms with Gasteiger partial charge in [0.05, 0.1) is 31.8 Å². The van der Waals surface area contributed by atoms with Crippen LogP contribution in [0.15, 0.2) is 23.1 Å². The highest BCUT2D eigenvalue weighted by molar-refractivity contribution is 8.26. The van der Waals surface area contributed by atoms with Crippen molar-refractivity contribution in [1.82, 2.24) is 15.3 Å². The standard InChI is InChI=1S/C22H29N3O5S2/c1-3-4-11-30-17-6-5-16(14-18(17)28-2)15-19-21(27)25(22(31)32-19)23-20(26)7-8-24-9-12-29-13-10-24/h5-6,14-15H,3-4,7-13H2,1-2H3,(H,23,26)/b19-15-. The van der Waals surface area contributed by atoms with E-state index in [4.69, 9.17) is 26.4 Å². The molecule has 8 nitrogen and oxygen atoms in total. The van der Waals surface area contributed by atoms with E-state index in [1.807, 2.05) is 18.2 Å². The van der Waals surface area contributed by atoms with Gasteiger partial charge < -0.3 is 14.2 Å². The van der Waals surface area contributed by atoms with Gasteiger partial charge in [0.2, 0.25) is 5.91 Å². The third-order valence-corrected chi connectivity index (χ3v) is 6.33. The van der Waals surface area contributed by atoms with Gasteiger partial charge in [0.15, 0.2) is 15.8 Å². The average molecular weight is 480 g/mol. The highest BCUT2D eigenvalue weighted by Crippen LogP contribution is 2.34. The van der Waals surface area contributed by atoms with Crippen LogP contribution in [0.1, 0.15) is 31.7 Å². The Morgan fingerprint density at radius 2 is 2.09 bits per heavy atom. The van der Waals surface area contributed by atoms with E-state index in [9.17, 15) is 9.59 Å². The van der Waals surface area contributed by atoms with E-state index < -0.39 is 0 Å². The molecule has 2 saturated heterocycles. The summed E-state index contributed by atoms with van der Waals surface area (Å²) in [5, 5.41) is 1.15. The van der Waals surface area contributed by atoms with Crippen LogP contribution in [-0.2, 0) is 14.3 Å². The van der Waals surface area contributed by atoms with Gasteiger partial charge in [0.25, 0.3) is 5.91 Å². The lowest BCUT2D eigenvalue weighted by Crippen LogP contribution is -2.46. The third kappa shape index (κ3) is 6.68. The minimum Gasteiger partial charge on any atom is -0.493 e. The number of amides is 2. The van der Waals surface area contributed by atoms with Crippen LogP contribution < -0.4 is 14.9 Å². The molecule has 0 radical (unpaired) electrons. The summed E-state index contributed by atoms with van der Waals surface area (Å²) in [4.78, 5) is 27.8. The number of carbonyl (C=O) groups excluding carboxylic acids is 2. The number of hydrogen-bond acceptors (Lipinski definition) is 8. The van der Waals surface area contributed by atoms with Crippen LogP contribution in [0.5, 0.6) is 11.5 Å². The summed E-state index contributed by atoms with van der Waals surface area (Å²) >= 11 is 6.46. The lowest BCUT2D eigenvalue weighted by molar-refractivity contribution is -0.133. The first-order chi connectivity index (χ1) is 15.5. The van der Waals surface area contributed by atoms with Crippen LogP contribution in [0.25, 0.3) is 6.08 Å². The number of rotatable bonds is 10. The molecule has 1 aromatic carbocycles. The number of benzene rings is 1. The Labute approximate surface area is 198 Å². The topological polar surface area (TPSA) is 80.3 Å². The molecule has 32 heavy (non-hydrogen) atoms. The monoisotopic (exact) mass is 479 g/mol. The molecule has 10 heteroatoms. The minimum atomic E-state index is -0.345. The van der Waals surface area contributed by atoms with Crippen LogP contribution in [0.4, 0.5) is 0 Å². The molecule has 0 atom stereocenters. The molecule has 0 saturated carbocycles. The fourth-order valence-electron chi connectivity index (χ4n) is 3.20. The summed E-state index contributed by atoms with van der Waals surface area (Å²) in [6.45, 7) is 6.32. The normalized spacial score (nSPS) is 18.3. The maximum absolute atomic E-state index is 12.8. The van der Waals surface area contributed by atoms with Crippen molar-refractivity contribution in [2.75, 3.05) is 46.6 Å². The largest absolute Gasteiger partial charge is 0.493 e. The molecule has 2 amide bonds. The highest BCUT2D eigenvalue weighted by atomic mass is 32.2. The number of ether oxygens (including phenoxy) is 3. The van der Waals surface area contributed by atoms with Crippen molar-refractivity contribution in [2.45, 2.75) is 26.2 Å². The maximum atomic E-state index is 12.8.